The van der Waals surface area contributed by atoms with Gasteiger partial charge in [-0.15, -0.1) is 0 Å². The topological polar surface area (TPSA) is 67.9 Å². The van der Waals surface area contributed by atoms with Gasteiger partial charge in [0.25, 0.3) is 0 Å². The number of rotatable bonds is 7. The zero-order valence-corrected chi connectivity index (χ0v) is 19.9. The fraction of sp³-hybridized carbons (Fsp3) is 0.333. The fourth-order valence-electron chi connectivity index (χ4n) is 4.57. The average Bonchev–Trinajstić information content (AvgIpc) is 3.23. The summed E-state index contributed by atoms with van der Waals surface area (Å²) >= 11 is 0. The van der Waals surface area contributed by atoms with Crippen LogP contribution in [0.4, 0.5) is 5.69 Å². The molecule has 1 aromatic heterocycles. The molecule has 1 saturated heterocycles. The van der Waals surface area contributed by atoms with Crippen LogP contribution in [0.15, 0.2) is 82.0 Å². The second kappa shape index (κ2) is 12.4. The van der Waals surface area contributed by atoms with E-state index in [4.69, 9.17) is 9.15 Å². The van der Waals surface area contributed by atoms with E-state index >= 15 is 0 Å². The van der Waals surface area contributed by atoms with Gasteiger partial charge in [0.05, 0.1) is 11.2 Å². The van der Waals surface area contributed by atoms with Crippen LogP contribution in [0.5, 0.6) is 0 Å². The van der Waals surface area contributed by atoms with Crippen LogP contribution in [0.25, 0.3) is 22.2 Å². The van der Waals surface area contributed by atoms with Crippen molar-refractivity contribution in [1.82, 2.24) is 9.47 Å². The fourth-order valence-corrected chi connectivity index (χ4v) is 4.57. The molecular formula is C30H37N3O4. The monoisotopic (exact) mass is 503 g/mol. The second-order valence-electron chi connectivity index (χ2n) is 8.75. The standard InChI is InChI=1S/C28H29N3O4.2CH4/c1-2-26(32)34-20-31-25-13-7-12-24(27(25)35-28(31)33)30-16-14-29(15-17-30)19-21-8-6-11-23(18-21)22-9-4-3-5-10-22;;/h3-13,18H,2,14-17,19-20H2,1H3;2*1H4. The van der Waals surface area contributed by atoms with Crippen molar-refractivity contribution >= 4 is 22.8 Å². The summed E-state index contributed by atoms with van der Waals surface area (Å²) in [4.78, 5) is 28.7. The molecule has 0 spiro atoms. The number of para-hydroxylation sites is 1. The highest BCUT2D eigenvalue weighted by molar-refractivity contribution is 5.87. The van der Waals surface area contributed by atoms with E-state index in [1.807, 2.05) is 24.3 Å². The predicted octanol–water partition coefficient (Wildman–Crippen LogP) is 5.77. The maximum absolute atomic E-state index is 12.4. The van der Waals surface area contributed by atoms with Crippen molar-refractivity contribution in [1.29, 1.82) is 0 Å². The zero-order chi connectivity index (χ0) is 24.2. The first kappa shape index (κ1) is 27.7. The molecule has 0 aliphatic carbocycles. The van der Waals surface area contributed by atoms with Crippen molar-refractivity contribution in [2.45, 2.75) is 41.5 Å². The van der Waals surface area contributed by atoms with Gasteiger partial charge in [0.2, 0.25) is 0 Å². The average molecular weight is 504 g/mol. The molecule has 1 aliphatic heterocycles. The van der Waals surface area contributed by atoms with Gasteiger partial charge >= 0.3 is 11.7 Å². The largest absolute Gasteiger partial charge is 0.444 e. The van der Waals surface area contributed by atoms with Crippen molar-refractivity contribution in [3.05, 3.63) is 88.9 Å². The van der Waals surface area contributed by atoms with Crippen molar-refractivity contribution in [2.75, 3.05) is 31.1 Å². The van der Waals surface area contributed by atoms with Crippen LogP contribution in [0.2, 0.25) is 0 Å². The summed E-state index contributed by atoms with van der Waals surface area (Å²) < 4.78 is 12.1. The van der Waals surface area contributed by atoms with E-state index in [0.717, 1.165) is 38.4 Å². The Morgan fingerprint density at radius 3 is 2.32 bits per heavy atom. The van der Waals surface area contributed by atoms with E-state index in [1.165, 1.54) is 21.3 Å². The highest BCUT2D eigenvalue weighted by atomic mass is 16.5. The summed E-state index contributed by atoms with van der Waals surface area (Å²) in [5.41, 5.74) is 5.82. The molecule has 0 radical (unpaired) electrons. The van der Waals surface area contributed by atoms with E-state index in [9.17, 15) is 9.59 Å². The lowest BCUT2D eigenvalue weighted by Gasteiger charge is -2.36. The molecule has 0 amide bonds. The molecule has 3 aromatic carbocycles. The molecule has 4 aromatic rings. The van der Waals surface area contributed by atoms with Gasteiger partial charge in [-0.1, -0.05) is 76.4 Å². The Morgan fingerprint density at radius 2 is 1.59 bits per heavy atom. The number of fused-ring (bicyclic) bond motifs is 1. The molecule has 1 aliphatic rings. The van der Waals surface area contributed by atoms with Crippen LogP contribution >= 0.6 is 0 Å². The molecule has 0 atom stereocenters. The number of ether oxygens (including phenoxy) is 1. The number of carbonyl (C=O) groups excluding carboxylic acids is 1. The van der Waals surface area contributed by atoms with Crippen molar-refractivity contribution in [3.8, 4) is 11.1 Å². The third kappa shape index (κ3) is 6.12. The summed E-state index contributed by atoms with van der Waals surface area (Å²) in [5.74, 6) is -0.874. The van der Waals surface area contributed by atoms with E-state index in [2.05, 4.69) is 58.3 Å². The molecule has 0 bridgehead atoms. The summed E-state index contributed by atoms with van der Waals surface area (Å²) in [6.07, 6.45) is 0.261. The first-order valence-corrected chi connectivity index (χ1v) is 12.0. The van der Waals surface area contributed by atoms with Crippen LogP contribution in [0, 0.1) is 0 Å². The lowest BCUT2D eigenvalue weighted by atomic mass is 10.0. The smallest absolute Gasteiger partial charge is 0.422 e. The van der Waals surface area contributed by atoms with Crippen LogP contribution < -0.4 is 10.7 Å². The quantitative estimate of drug-likeness (QED) is 0.299. The first-order chi connectivity index (χ1) is 17.1. The van der Waals surface area contributed by atoms with Gasteiger partial charge in [0.1, 0.15) is 0 Å². The van der Waals surface area contributed by atoms with E-state index in [0.29, 0.717) is 11.1 Å². The minimum Gasteiger partial charge on any atom is -0.444 e. The minimum absolute atomic E-state index is 0. The normalized spacial score (nSPS) is 13.6. The molecule has 7 heteroatoms. The number of carbonyl (C=O) groups is 1. The number of nitrogens with zero attached hydrogens (tertiary/aromatic N) is 3. The van der Waals surface area contributed by atoms with E-state index < -0.39 is 5.76 Å². The van der Waals surface area contributed by atoms with Crippen LogP contribution in [0.3, 0.4) is 0 Å². The van der Waals surface area contributed by atoms with Gasteiger partial charge in [0.15, 0.2) is 12.3 Å². The van der Waals surface area contributed by atoms with Crippen molar-refractivity contribution in [3.63, 3.8) is 0 Å². The highest BCUT2D eigenvalue weighted by Crippen LogP contribution is 2.28. The van der Waals surface area contributed by atoms with Gasteiger partial charge in [0, 0.05) is 39.1 Å². The molecule has 0 saturated carbocycles. The Balaban J connectivity index is 0.00000190. The summed E-state index contributed by atoms with van der Waals surface area (Å²) in [7, 11) is 0. The molecule has 196 valence electrons. The van der Waals surface area contributed by atoms with Gasteiger partial charge in [-0.05, 0) is 34.9 Å². The Kier molecular flexibility index (Phi) is 9.31. The van der Waals surface area contributed by atoms with Crippen LogP contribution in [0.1, 0.15) is 33.8 Å². The molecule has 7 nitrogen and oxygen atoms in total. The number of anilines is 1. The number of benzene rings is 3. The van der Waals surface area contributed by atoms with E-state index in [-0.39, 0.29) is 34.0 Å². The Hall–Kier alpha value is -3.84. The molecule has 5 rings (SSSR count). The number of hydrogen-bond donors (Lipinski definition) is 0. The summed E-state index contributed by atoms with van der Waals surface area (Å²) in [6, 6.07) is 24.9. The number of hydrogen-bond acceptors (Lipinski definition) is 6. The molecular weight excluding hydrogens is 466 g/mol. The van der Waals surface area contributed by atoms with Gasteiger partial charge in [-0.3, -0.25) is 9.69 Å². The Morgan fingerprint density at radius 1 is 0.892 bits per heavy atom. The Labute approximate surface area is 218 Å². The van der Waals surface area contributed by atoms with Crippen LogP contribution in [-0.2, 0) is 22.8 Å². The number of aromatic nitrogens is 1. The second-order valence-corrected chi connectivity index (χ2v) is 8.75. The maximum atomic E-state index is 12.4. The maximum Gasteiger partial charge on any atom is 0.422 e. The molecule has 2 heterocycles. The molecule has 1 fully saturated rings. The van der Waals surface area contributed by atoms with Gasteiger partial charge < -0.3 is 14.1 Å². The Bertz CT molecular complexity index is 1370. The highest BCUT2D eigenvalue weighted by Gasteiger charge is 2.22. The van der Waals surface area contributed by atoms with Gasteiger partial charge in [-0.25, -0.2) is 9.36 Å². The van der Waals surface area contributed by atoms with Gasteiger partial charge in [-0.2, -0.15) is 0 Å². The molecule has 0 unspecified atom stereocenters. The summed E-state index contributed by atoms with van der Waals surface area (Å²) in [6.45, 7) is 5.95. The number of piperazine rings is 1. The van der Waals surface area contributed by atoms with E-state index in [1.54, 1.807) is 6.92 Å². The predicted molar refractivity (Wildman–Crippen MR) is 150 cm³/mol. The number of oxazole rings is 1. The van der Waals surface area contributed by atoms with Crippen LogP contribution in [-0.4, -0.2) is 41.6 Å². The first-order valence-electron chi connectivity index (χ1n) is 12.0. The van der Waals surface area contributed by atoms with Crippen molar-refractivity contribution < 1.29 is 13.9 Å². The zero-order valence-electron chi connectivity index (χ0n) is 19.9. The molecule has 0 N–H and O–H groups in total. The SMILES string of the molecule is C.C.CCC(=O)OCn1c(=O)oc2c(N3CCN(Cc4cccc(-c5ccccc5)c4)CC3)cccc21. The lowest BCUT2D eigenvalue weighted by Crippen LogP contribution is -2.46. The number of esters is 1. The lowest BCUT2D eigenvalue weighted by molar-refractivity contribution is -0.147. The van der Waals surface area contributed by atoms with Crippen molar-refractivity contribution in [2.24, 2.45) is 0 Å². The third-order valence-corrected chi connectivity index (χ3v) is 6.47. The molecule has 37 heavy (non-hydrogen) atoms. The third-order valence-electron chi connectivity index (χ3n) is 6.47. The summed E-state index contributed by atoms with van der Waals surface area (Å²) in [5, 5.41) is 0. The minimum atomic E-state index is -0.520.